The standard InChI is InChI=1S/C17H18ClN3O5/c1-10(23-3)17-19-14(26-20-17)8-21(2)15(22)5-4-11-6-12(18)16-13(7-11)24-9-25-16/h4-7,10H,8-9H2,1-3H3/b5-4+/t10-/m1/s1. The molecular weight excluding hydrogens is 362 g/mol. The van der Waals surface area contributed by atoms with E-state index in [4.69, 9.17) is 30.3 Å². The van der Waals surface area contributed by atoms with Gasteiger partial charge in [-0.15, -0.1) is 0 Å². The molecule has 1 amide bonds. The molecule has 0 radical (unpaired) electrons. The number of hydrogen-bond donors (Lipinski definition) is 0. The van der Waals surface area contributed by atoms with Gasteiger partial charge >= 0.3 is 0 Å². The Bertz CT molecular complexity index is 836. The summed E-state index contributed by atoms with van der Waals surface area (Å²) in [5.74, 6) is 1.62. The first kappa shape index (κ1) is 18.2. The summed E-state index contributed by atoms with van der Waals surface area (Å²) in [6.45, 7) is 2.13. The molecule has 0 aliphatic carbocycles. The molecule has 8 nitrogen and oxygen atoms in total. The van der Waals surface area contributed by atoms with E-state index in [9.17, 15) is 4.79 Å². The number of fused-ring (bicyclic) bond motifs is 1. The van der Waals surface area contributed by atoms with Crippen LogP contribution in [0.5, 0.6) is 11.5 Å². The fourth-order valence-corrected chi connectivity index (χ4v) is 2.54. The van der Waals surface area contributed by atoms with Crippen LogP contribution in [0.3, 0.4) is 0 Å². The lowest BCUT2D eigenvalue weighted by Crippen LogP contribution is -2.24. The number of ether oxygens (including phenoxy) is 3. The van der Waals surface area contributed by atoms with Crippen LogP contribution in [-0.2, 0) is 16.1 Å². The molecule has 0 unspecified atom stereocenters. The van der Waals surface area contributed by atoms with Gasteiger partial charge in [-0.25, -0.2) is 0 Å². The molecule has 0 saturated carbocycles. The first-order valence-corrected chi connectivity index (χ1v) is 8.23. The van der Waals surface area contributed by atoms with Crippen molar-refractivity contribution in [3.05, 3.63) is 40.5 Å². The average Bonchev–Trinajstić information content (AvgIpc) is 3.28. The van der Waals surface area contributed by atoms with Gasteiger partial charge in [0, 0.05) is 20.2 Å². The zero-order valence-corrected chi connectivity index (χ0v) is 15.3. The Balaban J connectivity index is 1.63. The van der Waals surface area contributed by atoms with E-state index in [1.807, 2.05) is 6.92 Å². The van der Waals surface area contributed by atoms with E-state index < -0.39 is 0 Å². The molecule has 138 valence electrons. The highest BCUT2D eigenvalue weighted by Gasteiger charge is 2.18. The fraction of sp³-hybridized carbons (Fsp3) is 0.353. The van der Waals surface area contributed by atoms with Crippen LogP contribution in [0.25, 0.3) is 6.08 Å². The second-order valence-electron chi connectivity index (χ2n) is 5.69. The van der Waals surface area contributed by atoms with Gasteiger partial charge in [0.05, 0.1) is 11.6 Å². The third kappa shape index (κ3) is 3.97. The molecule has 3 rings (SSSR count). The predicted molar refractivity (Wildman–Crippen MR) is 92.8 cm³/mol. The number of likely N-dealkylation sites (N-methyl/N-ethyl adjacent to an activating group) is 1. The van der Waals surface area contributed by atoms with Crippen LogP contribution in [0, 0.1) is 0 Å². The van der Waals surface area contributed by atoms with Gasteiger partial charge in [-0.1, -0.05) is 16.8 Å². The van der Waals surface area contributed by atoms with Gasteiger partial charge in [0.25, 0.3) is 0 Å². The van der Waals surface area contributed by atoms with Crippen LogP contribution >= 0.6 is 11.6 Å². The van der Waals surface area contributed by atoms with Gasteiger partial charge in [-0.3, -0.25) is 4.79 Å². The van der Waals surface area contributed by atoms with Crippen LogP contribution in [0.4, 0.5) is 0 Å². The highest BCUT2D eigenvalue weighted by Crippen LogP contribution is 2.40. The Labute approximate surface area is 155 Å². The summed E-state index contributed by atoms with van der Waals surface area (Å²) in [6, 6.07) is 3.46. The molecule has 1 aliphatic rings. The maximum atomic E-state index is 12.3. The zero-order valence-electron chi connectivity index (χ0n) is 14.6. The van der Waals surface area contributed by atoms with E-state index >= 15 is 0 Å². The molecule has 2 heterocycles. The van der Waals surface area contributed by atoms with Gasteiger partial charge in [0.1, 0.15) is 6.10 Å². The first-order chi connectivity index (χ1) is 12.5. The molecule has 26 heavy (non-hydrogen) atoms. The van der Waals surface area contributed by atoms with E-state index in [1.54, 1.807) is 32.4 Å². The lowest BCUT2D eigenvalue weighted by Gasteiger charge is -2.11. The van der Waals surface area contributed by atoms with Crippen LogP contribution in [0.15, 0.2) is 22.7 Å². The van der Waals surface area contributed by atoms with E-state index in [0.29, 0.717) is 28.2 Å². The highest BCUT2D eigenvalue weighted by molar-refractivity contribution is 6.32. The quantitative estimate of drug-likeness (QED) is 0.713. The van der Waals surface area contributed by atoms with Gasteiger partial charge in [-0.2, -0.15) is 4.98 Å². The summed E-state index contributed by atoms with van der Waals surface area (Å²) in [6.07, 6.45) is 2.81. The minimum Gasteiger partial charge on any atom is -0.454 e. The lowest BCUT2D eigenvalue weighted by molar-refractivity contribution is -0.125. The van der Waals surface area contributed by atoms with Crippen LogP contribution in [0.2, 0.25) is 5.02 Å². The molecule has 1 atom stereocenters. The Kier molecular flexibility index (Phi) is 5.43. The van der Waals surface area contributed by atoms with Crippen LogP contribution in [-0.4, -0.2) is 41.9 Å². The molecular formula is C17H18ClN3O5. The fourth-order valence-electron chi connectivity index (χ4n) is 2.26. The second-order valence-corrected chi connectivity index (χ2v) is 6.10. The van der Waals surface area contributed by atoms with E-state index in [-0.39, 0.29) is 25.3 Å². The average molecular weight is 380 g/mol. The summed E-state index contributed by atoms with van der Waals surface area (Å²) < 4.78 is 20.8. The molecule has 2 aromatic rings. The highest BCUT2D eigenvalue weighted by atomic mass is 35.5. The van der Waals surface area contributed by atoms with Gasteiger partial charge in [0.15, 0.2) is 17.3 Å². The minimum absolute atomic E-state index is 0.137. The number of halogens is 1. The molecule has 1 aromatic heterocycles. The number of nitrogens with zero attached hydrogens (tertiary/aromatic N) is 3. The van der Waals surface area contributed by atoms with Crippen molar-refractivity contribution in [2.45, 2.75) is 19.6 Å². The Morgan fingerprint density at radius 2 is 2.27 bits per heavy atom. The lowest BCUT2D eigenvalue weighted by atomic mass is 10.2. The number of carbonyl (C=O) groups excluding carboxylic acids is 1. The maximum absolute atomic E-state index is 12.3. The number of hydrogen-bond acceptors (Lipinski definition) is 7. The van der Waals surface area contributed by atoms with Crippen molar-refractivity contribution in [2.24, 2.45) is 0 Å². The van der Waals surface area contributed by atoms with Crippen molar-refractivity contribution in [3.8, 4) is 11.5 Å². The van der Waals surface area contributed by atoms with Crippen molar-refractivity contribution in [1.82, 2.24) is 15.0 Å². The van der Waals surface area contributed by atoms with Crippen LogP contribution in [0.1, 0.15) is 30.3 Å². The van der Waals surface area contributed by atoms with Crippen molar-refractivity contribution < 1.29 is 23.5 Å². The van der Waals surface area contributed by atoms with Crippen molar-refractivity contribution in [3.63, 3.8) is 0 Å². The number of carbonyl (C=O) groups is 1. The molecule has 0 N–H and O–H groups in total. The topological polar surface area (TPSA) is 86.9 Å². The number of amides is 1. The molecule has 9 heteroatoms. The Hall–Kier alpha value is -2.58. The second kappa shape index (κ2) is 7.76. The normalized spacial score (nSPS) is 14.0. The van der Waals surface area contributed by atoms with Gasteiger partial charge in [-0.05, 0) is 30.7 Å². The van der Waals surface area contributed by atoms with E-state index in [0.717, 1.165) is 5.56 Å². The number of aromatic nitrogens is 2. The zero-order chi connectivity index (χ0) is 18.7. The number of rotatable bonds is 6. The largest absolute Gasteiger partial charge is 0.454 e. The molecule has 1 aliphatic heterocycles. The van der Waals surface area contributed by atoms with Gasteiger partial charge in [0.2, 0.25) is 18.6 Å². The number of benzene rings is 1. The summed E-state index contributed by atoms with van der Waals surface area (Å²) in [4.78, 5) is 17.9. The molecule has 0 fully saturated rings. The SMILES string of the molecule is CO[C@H](C)c1noc(CN(C)C(=O)/C=C/c2cc(Cl)c3c(c2)OCO3)n1. The van der Waals surface area contributed by atoms with Gasteiger partial charge < -0.3 is 23.6 Å². The third-order valence-corrected chi connectivity index (χ3v) is 4.10. The Morgan fingerprint density at radius 3 is 3.04 bits per heavy atom. The van der Waals surface area contributed by atoms with Crippen molar-refractivity contribution >= 4 is 23.6 Å². The maximum Gasteiger partial charge on any atom is 0.246 e. The summed E-state index contributed by atoms with van der Waals surface area (Å²) >= 11 is 6.13. The number of methoxy groups -OCH3 is 1. The van der Waals surface area contributed by atoms with Crippen molar-refractivity contribution in [2.75, 3.05) is 21.0 Å². The monoisotopic (exact) mass is 379 g/mol. The van der Waals surface area contributed by atoms with E-state index in [1.165, 1.54) is 11.0 Å². The Morgan fingerprint density at radius 1 is 1.46 bits per heavy atom. The molecule has 0 spiro atoms. The smallest absolute Gasteiger partial charge is 0.246 e. The summed E-state index contributed by atoms with van der Waals surface area (Å²) in [5, 5.41) is 4.26. The third-order valence-electron chi connectivity index (χ3n) is 3.82. The predicted octanol–water partition coefficient (Wildman–Crippen LogP) is 2.83. The molecule has 0 bridgehead atoms. The van der Waals surface area contributed by atoms with E-state index in [2.05, 4.69) is 10.1 Å². The van der Waals surface area contributed by atoms with Crippen LogP contribution < -0.4 is 9.47 Å². The van der Waals surface area contributed by atoms with Crippen molar-refractivity contribution in [1.29, 1.82) is 0 Å². The molecule has 0 saturated heterocycles. The summed E-state index contributed by atoms with van der Waals surface area (Å²) in [7, 11) is 3.20. The first-order valence-electron chi connectivity index (χ1n) is 7.85. The summed E-state index contributed by atoms with van der Waals surface area (Å²) in [5.41, 5.74) is 0.731. The molecule has 1 aromatic carbocycles. The minimum atomic E-state index is -0.274.